The van der Waals surface area contributed by atoms with Crippen LogP contribution >= 0.6 is 27.5 Å². The Morgan fingerprint density at radius 2 is 2.00 bits per heavy atom. The molecule has 1 aromatic heterocycles. The number of anilines is 1. The first-order valence-corrected chi connectivity index (χ1v) is 7.81. The number of carbonyl (C=O) groups is 1. The van der Waals surface area contributed by atoms with Gasteiger partial charge in [0.25, 0.3) is 5.91 Å². The monoisotopic (exact) mass is 374 g/mol. The van der Waals surface area contributed by atoms with Gasteiger partial charge in [-0.2, -0.15) is 0 Å². The van der Waals surface area contributed by atoms with Gasteiger partial charge in [-0.05, 0) is 42.5 Å². The second-order valence-electron chi connectivity index (χ2n) is 4.87. The van der Waals surface area contributed by atoms with Crippen molar-refractivity contribution in [2.24, 2.45) is 0 Å². The molecule has 0 bridgehead atoms. The summed E-state index contributed by atoms with van der Waals surface area (Å²) in [6, 6.07) is 14.7. The number of hydrogen-bond acceptors (Lipinski definition) is 2. The first-order valence-electron chi connectivity index (χ1n) is 6.64. The van der Waals surface area contributed by atoms with Crippen molar-refractivity contribution in [2.45, 2.75) is 0 Å². The second kappa shape index (κ2) is 6.07. The van der Waals surface area contributed by atoms with E-state index in [1.54, 1.807) is 30.3 Å². The van der Waals surface area contributed by atoms with Gasteiger partial charge in [-0.15, -0.1) is 0 Å². The minimum Gasteiger partial charge on any atom is -0.310 e. The summed E-state index contributed by atoms with van der Waals surface area (Å²) in [6.07, 6.45) is 1.73. The Morgan fingerprint density at radius 1 is 1.18 bits per heavy atom. The lowest BCUT2D eigenvalue weighted by Crippen LogP contribution is -2.26. The van der Waals surface area contributed by atoms with Crippen LogP contribution in [0.25, 0.3) is 10.9 Å². The predicted molar refractivity (Wildman–Crippen MR) is 93.6 cm³/mol. The van der Waals surface area contributed by atoms with E-state index in [0.29, 0.717) is 16.3 Å². The van der Waals surface area contributed by atoms with Gasteiger partial charge in [0.1, 0.15) is 0 Å². The third-order valence-electron chi connectivity index (χ3n) is 3.43. The third-order valence-corrected chi connectivity index (χ3v) is 4.22. The van der Waals surface area contributed by atoms with Gasteiger partial charge in [-0.3, -0.25) is 9.78 Å². The fourth-order valence-corrected chi connectivity index (χ4v) is 3.07. The molecular formula is C17H12BrClN2O. The van der Waals surface area contributed by atoms with E-state index in [1.165, 1.54) is 0 Å². The molecule has 2 aromatic carbocycles. The fourth-order valence-electron chi connectivity index (χ4n) is 2.26. The molecule has 1 heterocycles. The van der Waals surface area contributed by atoms with Crippen LogP contribution in [-0.2, 0) is 0 Å². The molecule has 0 spiro atoms. The quantitative estimate of drug-likeness (QED) is 0.636. The number of rotatable bonds is 2. The molecule has 0 saturated heterocycles. The van der Waals surface area contributed by atoms with E-state index < -0.39 is 0 Å². The maximum absolute atomic E-state index is 12.7. The Labute approximate surface area is 141 Å². The predicted octanol–water partition coefficient (Wildman–Crippen LogP) is 4.93. The molecule has 0 atom stereocenters. The standard InChI is InChI=1S/C17H12BrClN2O/c1-21(16-7-5-13(18)10-14(16)19)17(22)12-4-6-15-11(9-12)3-2-8-20-15/h2-10H,1H3. The summed E-state index contributed by atoms with van der Waals surface area (Å²) in [5.74, 6) is -0.116. The molecule has 0 unspecified atom stereocenters. The van der Waals surface area contributed by atoms with Crippen LogP contribution in [-0.4, -0.2) is 17.9 Å². The number of carbonyl (C=O) groups excluding carboxylic acids is 1. The largest absolute Gasteiger partial charge is 0.310 e. The highest BCUT2D eigenvalue weighted by Gasteiger charge is 2.16. The molecule has 110 valence electrons. The Morgan fingerprint density at radius 3 is 2.77 bits per heavy atom. The molecule has 3 aromatic rings. The number of halogens is 2. The van der Waals surface area contributed by atoms with Crippen LogP contribution in [0.4, 0.5) is 5.69 Å². The molecule has 1 amide bonds. The molecule has 0 radical (unpaired) electrons. The van der Waals surface area contributed by atoms with Crippen molar-refractivity contribution in [3.63, 3.8) is 0 Å². The molecule has 0 fully saturated rings. The maximum atomic E-state index is 12.7. The van der Waals surface area contributed by atoms with Crippen LogP contribution in [0.15, 0.2) is 59.2 Å². The van der Waals surface area contributed by atoms with Crippen LogP contribution in [0.3, 0.4) is 0 Å². The minimum absolute atomic E-state index is 0.116. The van der Waals surface area contributed by atoms with E-state index in [1.807, 2.05) is 36.4 Å². The molecule has 0 aliphatic carbocycles. The van der Waals surface area contributed by atoms with E-state index in [0.717, 1.165) is 15.4 Å². The van der Waals surface area contributed by atoms with Crippen LogP contribution in [0.2, 0.25) is 5.02 Å². The maximum Gasteiger partial charge on any atom is 0.258 e. The molecule has 22 heavy (non-hydrogen) atoms. The van der Waals surface area contributed by atoms with E-state index in [4.69, 9.17) is 11.6 Å². The second-order valence-corrected chi connectivity index (χ2v) is 6.19. The number of benzene rings is 2. The highest BCUT2D eigenvalue weighted by molar-refractivity contribution is 9.10. The van der Waals surface area contributed by atoms with E-state index in [-0.39, 0.29) is 5.91 Å². The average Bonchev–Trinajstić information content (AvgIpc) is 2.53. The van der Waals surface area contributed by atoms with Crippen LogP contribution in [0, 0.1) is 0 Å². The molecule has 3 nitrogen and oxygen atoms in total. The lowest BCUT2D eigenvalue weighted by atomic mass is 10.1. The third kappa shape index (κ3) is 2.85. The molecular weight excluding hydrogens is 364 g/mol. The number of fused-ring (bicyclic) bond motifs is 1. The summed E-state index contributed by atoms with van der Waals surface area (Å²) in [5.41, 5.74) is 2.13. The summed E-state index contributed by atoms with van der Waals surface area (Å²) in [6.45, 7) is 0. The van der Waals surface area contributed by atoms with Gasteiger partial charge in [-0.1, -0.05) is 33.6 Å². The van der Waals surface area contributed by atoms with Gasteiger partial charge in [0.05, 0.1) is 16.2 Å². The van der Waals surface area contributed by atoms with Crippen molar-refractivity contribution in [1.29, 1.82) is 0 Å². The van der Waals surface area contributed by atoms with Crippen molar-refractivity contribution in [2.75, 3.05) is 11.9 Å². The Hall–Kier alpha value is -1.91. The first kappa shape index (κ1) is 15.0. The zero-order valence-electron chi connectivity index (χ0n) is 11.8. The lowest BCUT2D eigenvalue weighted by Gasteiger charge is -2.19. The summed E-state index contributed by atoms with van der Waals surface area (Å²) in [4.78, 5) is 18.5. The molecule has 0 N–H and O–H groups in total. The smallest absolute Gasteiger partial charge is 0.258 e. The van der Waals surface area contributed by atoms with Gasteiger partial charge >= 0.3 is 0 Å². The average molecular weight is 376 g/mol. The van der Waals surface area contributed by atoms with Gasteiger partial charge in [0.15, 0.2) is 0 Å². The Kier molecular flexibility index (Phi) is 4.14. The number of hydrogen-bond donors (Lipinski definition) is 0. The topological polar surface area (TPSA) is 33.2 Å². The van der Waals surface area contributed by atoms with Crippen LogP contribution in [0.1, 0.15) is 10.4 Å². The van der Waals surface area contributed by atoms with E-state index >= 15 is 0 Å². The first-order chi connectivity index (χ1) is 10.6. The fraction of sp³-hybridized carbons (Fsp3) is 0.0588. The van der Waals surface area contributed by atoms with Crippen molar-refractivity contribution in [3.8, 4) is 0 Å². The minimum atomic E-state index is -0.116. The van der Waals surface area contributed by atoms with Crippen LogP contribution in [0.5, 0.6) is 0 Å². The zero-order valence-corrected chi connectivity index (χ0v) is 14.1. The molecule has 3 rings (SSSR count). The highest BCUT2D eigenvalue weighted by atomic mass is 79.9. The van der Waals surface area contributed by atoms with E-state index in [2.05, 4.69) is 20.9 Å². The molecule has 0 aliphatic heterocycles. The van der Waals surface area contributed by atoms with E-state index in [9.17, 15) is 4.79 Å². The normalized spacial score (nSPS) is 10.7. The molecule has 0 aliphatic rings. The number of aromatic nitrogens is 1. The Bertz CT molecular complexity index is 866. The van der Waals surface area contributed by atoms with Crippen molar-refractivity contribution in [1.82, 2.24) is 4.98 Å². The summed E-state index contributed by atoms with van der Waals surface area (Å²) >= 11 is 9.58. The Balaban J connectivity index is 1.97. The number of pyridine rings is 1. The van der Waals surface area contributed by atoms with Gasteiger partial charge in [-0.25, -0.2) is 0 Å². The summed E-state index contributed by atoms with van der Waals surface area (Å²) < 4.78 is 0.874. The molecule has 0 saturated carbocycles. The van der Waals surface area contributed by atoms with Gasteiger partial charge in [0.2, 0.25) is 0 Å². The SMILES string of the molecule is CN(C(=O)c1ccc2ncccc2c1)c1ccc(Br)cc1Cl. The summed E-state index contributed by atoms with van der Waals surface area (Å²) in [5, 5.41) is 1.45. The van der Waals surface area contributed by atoms with Crippen molar-refractivity contribution >= 4 is 50.0 Å². The van der Waals surface area contributed by atoms with Crippen molar-refractivity contribution < 1.29 is 4.79 Å². The zero-order chi connectivity index (χ0) is 15.7. The number of nitrogens with zero attached hydrogens (tertiary/aromatic N) is 2. The lowest BCUT2D eigenvalue weighted by molar-refractivity contribution is 0.0993. The van der Waals surface area contributed by atoms with Crippen LogP contribution < -0.4 is 4.90 Å². The summed E-state index contributed by atoms with van der Waals surface area (Å²) in [7, 11) is 1.71. The number of amides is 1. The van der Waals surface area contributed by atoms with Gasteiger partial charge in [0, 0.05) is 28.7 Å². The van der Waals surface area contributed by atoms with Crippen molar-refractivity contribution in [3.05, 3.63) is 69.8 Å². The highest BCUT2D eigenvalue weighted by Crippen LogP contribution is 2.29. The molecule has 5 heteroatoms. The van der Waals surface area contributed by atoms with Gasteiger partial charge < -0.3 is 4.90 Å².